The molecule has 0 radical (unpaired) electrons. The molecule has 0 bridgehead atoms. The fourth-order valence-electron chi connectivity index (χ4n) is 1.38. The lowest BCUT2D eigenvalue weighted by Crippen LogP contribution is -2.28. The molecule has 0 saturated heterocycles. The predicted octanol–water partition coefficient (Wildman–Crippen LogP) is 2.38. The maximum absolute atomic E-state index is 11.5. The van der Waals surface area contributed by atoms with Gasteiger partial charge < -0.3 is 4.74 Å². The smallest absolute Gasteiger partial charge is 0.312 e. The van der Waals surface area contributed by atoms with Gasteiger partial charge in [-0.25, -0.2) is 8.42 Å². The van der Waals surface area contributed by atoms with Gasteiger partial charge in [-0.1, -0.05) is 0 Å². The van der Waals surface area contributed by atoms with Gasteiger partial charge in [0.1, 0.15) is 0 Å². The molecule has 0 spiro atoms. The molecule has 0 N–H and O–H groups in total. The molecule has 1 rings (SSSR count). The van der Waals surface area contributed by atoms with Gasteiger partial charge in [0.25, 0.3) is 0 Å². The molecule has 0 saturated carbocycles. The molecular weight excluding hydrogens is 284 g/mol. The molecule has 0 aliphatic carbocycles. The molecule has 0 atom stereocenters. The Morgan fingerprint density at radius 2 is 1.79 bits per heavy atom. The topological polar surface area (TPSA) is 60.4 Å². The SMILES string of the molecule is COC(=O)C(C)(C)CSc1ccc(S(C)(=O)=O)cc1. The van der Waals surface area contributed by atoms with Gasteiger partial charge in [-0.15, -0.1) is 11.8 Å². The number of sulfone groups is 1. The lowest BCUT2D eigenvalue weighted by Gasteiger charge is -2.20. The molecule has 19 heavy (non-hydrogen) atoms. The van der Waals surface area contributed by atoms with Gasteiger partial charge in [-0.05, 0) is 38.1 Å². The van der Waals surface area contributed by atoms with E-state index in [4.69, 9.17) is 4.74 Å². The molecule has 1 aromatic carbocycles. The van der Waals surface area contributed by atoms with Crippen molar-refractivity contribution in [3.05, 3.63) is 24.3 Å². The van der Waals surface area contributed by atoms with E-state index in [1.165, 1.54) is 25.1 Å². The quantitative estimate of drug-likeness (QED) is 0.617. The van der Waals surface area contributed by atoms with Crippen molar-refractivity contribution in [3.8, 4) is 0 Å². The third-order valence-corrected chi connectivity index (χ3v) is 5.19. The Balaban J connectivity index is 2.72. The van der Waals surface area contributed by atoms with E-state index >= 15 is 0 Å². The van der Waals surface area contributed by atoms with Crippen LogP contribution in [0.2, 0.25) is 0 Å². The third kappa shape index (κ3) is 4.54. The van der Waals surface area contributed by atoms with Crippen LogP contribution in [0.15, 0.2) is 34.1 Å². The average Bonchev–Trinajstić information content (AvgIpc) is 2.35. The summed E-state index contributed by atoms with van der Waals surface area (Å²) in [6.45, 7) is 3.63. The molecule has 106 valence electrons. The van der Waals surface area contributed by atoms with Crippen LogP contribution in [0.25, 0.3) is 0 Å². The Labute approximate surface area is 118 Å². The number of ether oxygens (including phenoxy) is 1. The van der Waals surface area contributed by atoms with Crippen LogP contribution in [0.1, 0.15) is 13.8 Å². The number of methoxy groups -OCH3 is 1. The number of benzene rings is 1. The van der Waals surface area contributed by atoms with Gasteiger partial charge in [-0.3, -0.25) is 4.79 Å². The first-order chi connectivity index (χ1) is 8.66. The summed E-state index contributed by atoms with van der Waals surface area (Å²) in [5, 5.41) is 0. The van der Waals surface area contributed by atoms with Gasteiger partial charge in [0, 0.05) is 16.9 Å². The predicted molar refractivity (Wildman–Crippen MR) is 76.1 cm³/mol. The highest BCUT2D eigenvalue weighted by molar-refractivity contribution is 7.99. The van der Waals surface area contributed by atoms with E-state index in [2.05, 4.69) is 0 Å². The highest BCUT2D eigenvalue weighted by Gasteiger charge is 2.28. The van der Waals surface area contributed by atoms with Gasteiger partial charge in [0.2, 0.25) is 0 Å². The summed E-state index contributed by atoms with van der Waals surface area (Å²) >= 11 is 1.49. The molecule has 1 aromatic rings. The van der Waals surface area contributed by atoms with Crippen LogP contribution in [0.4, 0.5) is 0 Å². The van der Waals surface area contributed by atoms with E-state index in [0.29, 0.717) is 10.6 Å². The van der Waals surface area contributed by atoms with E-state index in [1.54, 1.807) is 24.3 Å². The minimum Gasteiger partial charge on any atom is -0.469 e. The van der Waals surface area contributed by atoms with Crippen molar-refractivity contribution in [1.82, 2.24) is 0 Å². The van der Waals surface area contributed by atoms with Crippen molar-refractivity contribution >= 4 is 27.6 Å². The van der Waals surface area contributed by atoms with E-state index < -0.39 is 15.3 Å². The molecular formula is C13H18O4S2. The lowest BCUT2D eigenvalue weighted by molar-refractivity contribution is -0.149. The number of hydrogen-bond acceptors (Lipinski definition) is 5. The third-order valence-electron chi connectivity index (χ3n) is 2.59. The highest BCUT2D eigenvalue weighted by atomic mass is 32.2. The molecule has 4 nitrogen and oxygen atoms in total. The molecule has 0 fully saturated rings. The normalized spacial score (nSPS) is 12.2. The molecule has 0 unspecified atom stereocenters. The Kier molecular flexibility index (Phi) is 5.04. The second-order valence-electron chi connectivity index (χ2n) is 4.91. The van der Waals surface area contributed by atoms with Crippen LogP contribution in [0, 0.1) is 5.41 Å². The number of hydrogen-bond donors (Lipinski definition) is 0. The fourth-order valence-corrected chi connectivity index (χ4v) is 2.99. The molecule has 0 amide bonds. The molecule has 6 heteroatoms. The Morgan fingerprint density at radius 3 is 2.21 bits per heavy atom. The highest BCUT2D eigenvalue weighted by Crippen LogP contribution is 2.29. The molecule has 0 aliphatic heterocycles. The molecule has 0 aromatic heterocycles. The number of rotatable bonds is 5. The average molecular weight is 302 g/mol. The van der Waals surface area contributed by atoms with Crippen LogP contribution in [0.3, 0.4) is 0 Å². The number of carbonyl (C=O) groups is 1. The standard InChI is InChI=1S/C13H18O4S2/c1-13(2,12(14)17-3)9-18-10-5-7-11(8-6-10)19(4,15)16/h5-8H,9H2,1-4H3. The summed E-state index contributed by atoms with van der Waals surface area (Å²) in [5.41, 5.74) is -0.574. The van der Waals surface area contributed by atoms with Gasteiger partial charge in [0.05, 0.1) is 17.4 Å². The van der Waals surface area contributed by atoms with Crippen LogP contribution in [0.5, 0.6) is 0 Å². The minimum absolute atomic E-state index is 0.257. The van der Waals surface area contributed by atoms with Gasteiger partial charge in [0.15, 0.2) is 9.84 Å². The summed E-state index contributed by atoms with van der Waals surface area (Å²) < 4.78 is 27.4. The monoisotopic (exact) mass is 302 g/mol. The summed E-state index contributed by atoms with van der Waals surface area (Å²) in [4.78, 5) is 12.7. The number of thioether (sulfide) groups is 1. The van der Waals surface area contributed by atoms with Crippen molar-refractivity contribution < 1.29 is 17.9 Å². The minimum atomic E-state index is -3.16. The summed E-state index contributed by atoms with van der Waals surface area (Å²) in [6.07, 6.45) is 1.18. The van der Waals surface area contributed by atoms with Crippen molar-refractivity contribution in [3.63, 3.8) is 0 Å². The van der Waals surface area contributed by atoms with Crippen LogP contribution >= 0.6 is 11.8 Å². The van der Waals surface area contributed by atoms with Gasteiger partial charge >= 0.3 is 5.97 Å². The van der Waals surface area contributed by atoms with E-state index in [0.717, 1.165) is 4.90 Å². The number of carbonyl (C=O) groups excluding carboxylic acids is 1. The summed E-state index contributed by atoms with van der Waals surface area (Å²) in [6, 6.07) is 6.63. The first-order valence-corrected chi connectivity index (χ1v) is 8.56. The fraction of sp³-hybridized carbons (Fsp3) is 0.462. The zero-order valence-corrected chi connectivity index (χ0v) is 13.1. The largest absolute Gasteiger partial charge is 0.469 e. The Morgan fingerprint density at radius 1 is 1.26 bits per heavy atom. The van der Waals surface area contributed by atoms with E-state index in [1.807, 2.05) is 13.8 Å². The first-order valence-electron chi connectivity index (χ1n) is 5.68. The Hall–Kier alpha value is -1.01. The van der Waals surface area contributed by atoms with E-state index in [9.17, 15) is 13.2 Å². The van der Waals surface area contributed by atoms with Crippen LogP contribution in [-0.2, 0) is 19.4 Å². The van der Waals surface area contributed by atoms with Crippen LogP contribution in [-0.4, -0.2) is 33.5 Å². The van der Waals surface area contributed by atoms with Crippen LogP contribution < -0.4 is 0 Å². The maximum atomic E-state index is 11.5. The van der Waals surface area contributed by atoms with Gasteiger partial charge in [-0.2, -0.15) is 0 Å². The Bertz CT molecular complexity index is 545. The summed E-state index contributed by atoms with van der Waals surface area (Å²) in [5.74, 6) is 0.311. The lowest BCUT2D eigenvalue weighted by atomic mass is 9.97. The van der Waals surface area contributed by atoms with E-state index in [-0.39, 0.29) is 5.97 Å². The first kappa shape index (κ1) is 16.0. The number of esters is 1. The van der Waals surface area contributed by atoms with Crippen molar-refractivity contribution in [1.29, 1.82) is 0 Å². The molecule has 0 aliphatic rings. The zero-order valence-electron chi connectivity index (χ0n) is 11.5. The van der Waals surface area contributed by atoms with Crippen molar-refractivity contribution in [2.75, 3.05) is 19.1 Å². The second kappa shape index (κ2) is 5.96. The zero-order chi connectivity index (χ0) is 14.7. The second-order valence-corrected chi connectivity index (χ2v) is 7.97. The molecule has 0 heterocycles. The summed E-state index contributed by atoms with van der Waals surface area (Å²) in [7, 11) is -1.79. The maximum Gasteiger partial charge on any atom is 0.312 e. The van der Waals surface area contributed by atoms with Crippen molar-refractivity contribution in [2.45, 2.75) is 23.6 Å². The van der Waals surface area contributed by atoms with Crippen molar-refractivity contribution in [2.24, 2.45) is 5.41 Å².